The fraction of sp³-hybridized carbons (Fsp3) is 0.273. The molecule has 0 saturated carbocycles. The van der Waals surface area contributed by atoms with Gasteiger partial charge in [0.15, 0.2) is 5.84 Å². The Morgan fingerprint density at radius 1 is 1.59 bits per heavy atom. The second kappa shape index (κ2) is 3.73. The lowest BCUT2D eigenvalue weighted by Gasteiger charge is -2.38. The van der Waals surface area contributed by atoms with Crippen molar-refractivity contribution in [2.24, 2.45) is 5.10 Å². The molecule has 0 spiro atoms. The number of nitrogens with zero attached hydrogens (tertiary/aromatic N) is 2. The second-order valence-electron chi connectivity index (χ2n) is 3.95. The number of hydrazone groups is 1. The van der Waals surface area contributed by atoms with Crippen LogP contribution in [0.4, 0.5) is 5.69 Å². The fourth-order valence-electron chi connectivity index (χ4n) is 2.00. The first-order chi connectivity index (χ1) is 8.16. The highest BCUT2D eigenvalue weighted by Crippen LogP contribution is 2.36. The molecule has 0 fully saturated rings. The number of carbonyl (C=O) groups excluding carboxylic acids is 1. The highest BCUT2D eigenvalue weighted by Gasteiger charge is 2.34. The van der Waals surface area contributed by atoms with E-state index in [0.29, 0.717) is 6.61 Å². The predicted molar refractivity (Wildman–Crippen MR) is 67.2 cm³/mol. The number of benzene rings is 1. The first kappa shape index (κ1) is 10.6. The van der Waals surface area contributed by atoms with Crippen LogP contribution in [-0.4, -0.2) is 24.4 Å². The molecule has 88 valence electrons. The SMILES string of the molecule is C[C@H]1C(=O)NN=C2COc3ccc(Br)cc3N21. The topological polar surface area (TPSA) is 53.9 Å². The number of rotatable bonds is 0. The molecule has 1 amide bonds. The summed E-state index contributed by atoms with van der Waals surface area (Å²) >= 11 is 3.42. The highest BCUT2D eigenvalue weighted by atomic mass is 79.9. The van der Waals surface area contributed by atoms with E-state index in [2.05, 4.69) is 26.5 Å². The van der Waals surface area contributed by atoms with Crippen molar-refractivity contribution >= 4 is 33.4 Å². The lowest BCUT2D eigenvalue weighted by Crippen LogP contribution is -2.55. The first-order valence-electron chi connectivity index (χ1n) is 5.25. The van der Waals surface area contributed by atoms with Crippen LogP contribution < -0.4 is 15.1 Å². The van der Waals surface area contributed by atoms with Crippen molar-refractivity contribution in [1.29, 1.82) is 0 Å². The summed E-state index contributed by atoms with van der Waals surface area (Å²) in [6.45, 7) is 2.22. The number of carbonyl (C=O) groups is 1. The predicted octanol–water partition coefficient (Wildman–Crippen LogP) is 1.48. The Hall–Kier alpha value is -1.56. The zero-order valence-electron chi connectivity index (χ0n) is 9.11. The number of hydrogen-bond acceptors (Lipinski definition) is 4. The molecule has 2 heterocycles. The third-order valence-corrected chi connectivity index (χ3v) is 3.37. The van der Waals surface area contributed by atoms with E-state index < -0.39 is 0 Å². The number of halogens is 1. The van der Waals surface area contributed by atoms with Crippen LogP contribution in [0.1, 0.15) is 6.92 Å². The molecular weight excluding hydrogens is 286 g/mol. The lowest BCUT2D eigenvalue weighted by atomic mass is 10.1. The monoisotopic (exact) mass is 295 g/mol. The molecule has 0 aliphatic carbocycles. The molecule has 0 bridgehead atoms. The van der Waals surface area contributed by atoms with Gasteiger partial charge in [-0.1, -0.05) is 15.9 Å². The van der Waals surface area contributed by atoms with Crippen LogP contribution in [0.3, 0.4) is 0 Å². The van der Waals surface area contributed by atoms with Gasteiger partial charge in [0.1, 0.15) is 18.4 Å². The van der Waals surface area contributed by atoms with E-state index in [1.165, 1.54) is 0 Å². The van der Waals surface area contributed by atoms with E-state index in [1.54, 1.807) is 0 Å². The summed E-state index contributed by atoms with van der Waals surface area (Å²) < 4.78 is 6.53. The second-order valence-corrected chi connectivity index (χ2v) is 4.87. The van der Waals surface area contributed by atoms with Gasteiger partial charge in [-0.25, -0.2) is 5.43 Å². The van der Waals surface area contributed by atoms with E-state index in [9.17, 15) is 4.79 Å². The van der Waals surface area contributed by atoms with Crippen molar-refractivity contribution in [2.45, 2.75) is 13.0 Å². The quantitative estimate of drug-likeness (QED) is 0.789. The number of fused-ring (bicyclic) bond motifs is 3. The maximum atomic E-state index is 11.6. The molecule has 1 aromatic carbocycles. The molecule has 0 unspecified atom stereocenters. The number of ether oxygens (including phenoxy) is 1. The Morgan fingerprint density at radius 2 is 2.41 bits per heavy atom. The Kier molecular flexibility index (Phi) is 2.32. The van der Waals surface area contributed by atoms with E-state index in [0.717, 1.165) is 21.7 Å². The molecule has 0 aromatic heterocycles. The Morgan fingerprint density at radius 3 is 3.24 bits per heavy atom. The molecular formula is C11H10BrN3O2. The van der Waals surface area contributed by atoms with E-state index in [-0.39, 0.29) is 11.9 Å². The van der Waals surface area contributed by atoms with E-state index in [4.69, 9.17) is 4.74 Å². The number of amidine groups is 1. The van der Waals surface area contributed by atoms with Gasteiger partial charge < -0.3 is 9.64 Å². The van der Waals surface area contributed by atoms with E-state index >= 15 is 0 Å². The third kappa shape index (κ3) is 1.59. The summed E-state index contributed by atoms with van der Waals surface area (Å²) in [5.41, 5.74) is 3.36. The Balaban J connectivity index is 2.14. The zero-order valence-corrected chi connectivity index (χ0v) is 10.7. The van der Waals surface area contributed by atoms with Gasteiger partial charge in [0.25, 0.3) is 5.91 Å². The largest absolute Gasteiger partial charge is 0.483 e. The van der Waals surface area contributed by atoms with Gasteiger partial charge in [-0.2, -0.15) is 5.10 Å². The molecule has 0 saturated heterocycles. The van der Waals surface area contributed by atoms with Crippen molar-refractivity contribution in [3.8, 4) is 5.75 Å². The summed E-state index contributed by atoms with van der Waals surface area (Å²) in [7, 11) is 0. The molecule has 2 aliphatic heterocycles. The standard InChI is InChI=1S/C11H10BrN3O2/c1-6-11(16)14-13-10-5-17-9-3-2-7(12)4-8(9)15(6)10/h2-4,6H,5H2,1H3,(H,14,16)/t6-/m0/s1. The van der Waals surface area contributed by atoms with Gasteiger partial charge in [-0.3, -0.25) is 4.79 Å². The summed E-state index contributed by atoms with van der Waals surface area (Å²) in [6.07, 6.45) is 0. The van der Waals surface area contributed by atoms with Gasteiger partial charge in [-0.05, 0) is 25.1 Å². The minimum absolute atomic E-state index is 0.110. The van der Waals surface area contributed by atoms with Gasteiger partial charge in [0.05, 0.1) is 5.69 Å². The minimum Gasteiger partial charge on any atom is -0.483 e. The summed E-state index contributed by atoms with van der Waals surface area (Å²) in [5.74, 6) is 1.39. The molecule has 1 atom stereocenters. The molecule has 5 nitrogen and oxygen atoms in total. The third-order valence-electron chi connectivity index (χ3n) is 2.88. The molecule has 3 rings (SSSR count). The van der Waals surface area contributed by atoms with E-state index in [1.807, 2.05) is 30.0 Å². The van der Waals surface area contributed by atoms with Crippen LogP contribution in [0.2, 0.25) is 0 Å². The van der Waals surface area contributed by atoms with Gasteiger partial charge in [0, 0.05) is 4.47 Å². The summed E-state index contributed by atoms with van der Waals surface area (Å²) in [6, 6.07) is 5.45. The highest BCUT2D eigenvalue weighted by molar-refractivity contribution is 9.10. The fourth-order valence-corrected chi connectivity index (χ4v) is 2.35. The number of amides is 1. The molecule has 1 N–H and O–H groups in total. The van der Waals surface area contributed by atoms with Crippen LogP contribution in [0.25, 0.3) is 0 Å². The maximum absolute atomic E-state index is 11.6. The Bertz CT molecular complexity index is 529. The van der Waals surface area contributed by atoms with Crippen molar-refractivity contribution in [3.05, 3.63) is 22.7 Å². The van der Waals surface area contributed by atoms with Crippen LogP contribution in [0.5, 0.6) is 5.75 Å². The van der Waals surface area contributed by atoms with Gasteiger partial charge in [-0.15, -0.1) is 0 Å². The van der Waals surface area contributed by atoms with Gasteiger partial charge >= 0.3 is 0 Å². The average Bonchev–Trinajstić information content (AvgIpc) is 2.33. The van der Waals surface area contributed by atoms with Crippen molar-refractivity contribution in [1.82, 2.24) is 5.43 Å². The molecule has 6 heteroatoms. The number of nitrogens with one attached hydrogen (secondary N) is 1. The smallest absolute Gasteiger partial charge is 0.262 e. The molecule has 1 aromatic rings. The maximum Gasteiger partial charge on any atom is 0.262 e. The van der Waals surface area contributed by atoms with Crippen molar-refractivity contribution < 1.29 is 9.53 Å². The molecule has 0 radical (unpaired) electrons. The minimum atomic E-state index is -0.278. The van der Waals surface area contributed by atoms with Crippen molar-refractivity contribution in [3.63, 3.8) is 0 Å². The van der Waals surface area contributed by atoms with Crippen molar-refractivity contribution in [2.75, 3.05) is 11.5 Å². The number of hydrogen-bond donors (Lipinski definition) is 1. The summed E-state index contributed by atoms with van der Waals surface area (Å²) in [5, 5.41) is 4.01. The zero-order chi connectivity index (χ0) is 12.0. The molecule has 17 heavy (non-hydrogen) atoms. The molecule has 2 aliphatic rings. The first-order valence-corrected chi connectivity index (χ1v) is 6.04. The van der Waals surface area contributed by atoms with Gasteiger partial charge in [0.2, 0.25) is 0 Å². The lowest BCUT2D eigenvalue weighted by molar-refractivity contribution is -0.122. The van der Waals surface area contributed by atoms with Crippen LogP contribution >= 0.6 is 15.9 Å². The number of anilines is 1. The van der Waals surface area contributed by atoms with Crippen LogP contribution in [-0.2, 0) is 4.79 Å². The van der Waals surface area contributed by atoms with Crippen LogP contribution in [0.15, 0.2) is 27.8 Å². The average molecular weight is 296 g/mol. The summed E-state index contributed by atoms with van der Waals surface area (Å²) in [4.78, 5) is 13.5. The normalized spacial score (nSPS) is 22.0. The Labute approximate surface area is 107 Å². The van der Waals surface area contributed by atoms with Crippen LogP contribution in [0, 0.1) is 0 Å².